The van der Waals surface area contributed by atoms with Crippen LogP contribution in [-0.2, 0) is 11.2 Å². The summed E-state index contributed by atoms with van der Waals surface area (Å²) in [4.78, 5) is 16.3. The highest BCUT2D eigenvalue weighted by atomic mass is 16.5. The maximum absolute atomic E-state index is 11.9. The molecule has 7 nitrogen and oxygen atoms in total. The van der Waals surface area contributed by atoms with Crippen LogP contribution >= 0.6 is 0 Å². The summed E-state index contributed by atoms with van der Waals surface area (Å²) in [6.07, 6.45) is 2.77. The lowest BCUT2D eigenvalue weighted by Gasteiger charge is -2.10. The number of urea groups is 1. The van der Waals surface area contributed by atoms with E-state index in [0.29, 0.717) is 31.4 Å². The van der Waals surface area contributed by atoms with Gasteiger partial charge in [0.25, 0.3) is 0 Å². The van der Waals surface area contributed by atoms with E-state index in [1.807, 2.05) is 24.3 Å². The predicted octanol–water partition coefficient (Wildman–Crippen LogP) is 2.31. The van der Waals surface area contributed by atoms with E-state index in [0.717, 1.165) is 29.9 Å². The van der Waals surface area contributed by atoms with Crippen molar-refractivity contribution in [3.05, 3.63) is 41.5 Å². The second kappa shape index (κ2) is 7.23. The molecule has 1 heterocycles. The number of methoxy groups -OCH3 is 1. The quantitative estimate of drug-likeness (QED) is 0.765. The lowest BCUT2D eigenvalue weighted by Crippen LogP contribution is -2.31. The summed E-state index contributed by atoms with van der Waals surface area (Å²) in [5.74, 6) is 1.83. The van der Waals surface area contributed by atoms with Crippen LogP contribution in [0.1, 0.15) is 36.0 Å². The van der Waals surface area contributed by atoms with Crippen LogP contribution in [0, 0.1) is 0 Å². The average Bonchev–Trinajstić information content (AvgIpc) is 3.30. The molecule has 3 rings (SSSR count). The number of hydrogen-bond acceptors (Lipinski definition) is 5. The summed E-state index contributed by atoms with van der Waals surface area (Å²) in [6, 6.07) is 7.31. The number of amides is 2. The SMILES string of the molecule is COCCNC(=O)Nc1ccccc1Cc1nc(C2CC2)no1. The standard InChI is InChI=1S/C16H20N4O3/c1-22-9-8-17-16(21)18-13-5-3-2-4-12(13)10-14-19-15(20-23-14)11-6-7-11/h2-5,11H,6-10H2,1H3,(H2,17,18,21). The number of nitrogens with zero attached hydrogens (tertiary/aromatic N) is 2. The largest absolute Gasteiger partial charge is 0.383 e. The fraction of sp³-hybridized carbons (Fsp3) is 0.438. The molecule has 0 bridgehead atoms. The Morgan fingerprint density at radius 1 is 1.39 bits per heavy atom. The van der Waals surface area contributed by atoms with Gasteiger partial charge < -0.3 is 19.9 Å². The van der Waals surface area contributed by atoms with Gasteiger partial charge in [-0.15, -0.1) is 0 Å². The molecule has 0 aliphatic heterocycles. The molecule has 1 aliphatic carbocycles. The highest BCUT2D eigenvalue weighted by Gasteiger charge is 2.28. The molecule has 1 aromatic heterocycles. The molecule has 1 fully saturated rings. The first-order valence-electron chi connectivity index (χ1n) is 7.70. The molecule has 7 heteroatoms. The summed E-state index contributed by atoms with van der Waals surface area (Å²) >= 11 is 0. The van der Waals surface area contributed by atoms with Gasteiger partial charge in [0.2, 0.25) is 5.89 Å². The van der Waals surface area contributed by atoms with Crippen LogP contribution < -0.4 is 10.6 Å². The number of aromatic nitrogens is 2. The minimum absolute atomic E-state index is 0.265. The van der Waals surface area contributed by atoms with Crippen LogP contribution in [0.4, 0.5) is 10.5 Å². The van der Waals surface area contributed by atoms with Gasteiger partial charge in [0.1, 0.15) is 0 Å². The van der Waals surface area contributed by atoms with Crippen molar-refractivity contribution in [2.75, 3.05) is 25.6 Å². The van der Waals surface area contributed by atoms with E-state index in [4.69, 9.17) is 9.26 Å². The summed E-state index contributed by atoms with van der Waals surface area (Å²) in [5.41, 5.74) is 1.66. The minimum Gasteiger partial charge on any atom is -0.383 e. The second-order valence-electron chi connectivity index (χ2n) is 5.53. The van der Waals surface area contributed by atoms with Crippen LogP contribution in [-0.4, -0.2) is 36.4 Å². The predicted molar refractivity (Wildman–Crippen MR) is 84.4 cm³/mol. The third-order valence-electron chi connectivity index (χ3n) is 3.63. The number of carbonyl (C=O) groups is 1. The summed E-state index contributed by atoms with van der Waals surface area (Å²) in [7, 11) is 1.59. The first kappa shape index (κ1) is 15.5. The van der Waals surface area contributed by atoms with Gasteiger partial charge in [-0.3, -0.25) is 0 Å². The smallest absolute Gasteiger partial charge is 0.319 e. The third-order valence-corrected chi connectivity index (χ3v) is 3.63. The number of anilines is 1. The van der Waals surface area contributed by atoms with Crippen molar-refractivity contribution in [1.82, 2.24) is 15.5 Å². The van der Waals surface area contributed by atoms with Crippen LogP contribution in [0.25, 0.3) is 0 Å². The highest BCUT2D eigenvalue weighted by molar-refractivity contribution is 5.90. The molecule has 2 amide bonds. The van der Waals surface area contributed by atoms with E-state index in [2.05, 4.69) is 20.8 Å². The van der Waals surface area contributed by atoms with E-state index in [-0.39, 0.29) is 6.03 Å². The van der Waals surface area contributed by atoms with Gasteiger partial charge in [-0.1, -0.05) is 23.4 Å². The van der Waals surface area contributed by atoms with Gasteiger partial charge in [0, 0.05) is 25.3 Å². The van der Waals surface area contributed by atoms with E-state index < -0.39 is 0 Å². The van der Waals surface area contributed by atoms with Gasteiger partial charge in [-0.25, -0.2) is 4.79 Å². The van der Waals surface area contributed by atoms with Crippen LogP contribution in [0.5, 0.6) is 0 Å². The Morgan fingerprint density at radius 3 is 3.00 bits per heavy atom. The molecule has 1 saturated carbocycles. The van der Waals surface area contributed by atoms with Crippen molar-refractivity contribution in [3.8, 4) is 0 Å². The number of hydrogen-bond donors (Lipinski definition) is 2. The molecule has 2 aromatic rings. The van der Waals surface area contributed by atoms with Crippen LogP contribution in [0.15, 0.2) is 28.8 Å². The highest BCUT2D eigenvalue weighted by Crippen LogP contribution is 2.38. The molecule has 23 heavy (non-hydrogen) atoms. The maximum Gasteiger partial charge on any atom is 0.319 e. The van der Waals surface area contributed by atoms with E-state index in [9.17, 15) is 4.79 Å². The Bertz CT molecular complexity index is 667. The van der Waals surface area contributed by atoms with E-state index in [1.54, 1.807) is 7.11 Å². The number of rotatable bonds is 7. The first-order chi connectivity index (χ1) is 11.3. The Labute approximate surface area is 134 Å². The molecule has 122 valence electrons. The molecule has 0 spiro atoms. The molecule has 0 radical (unpaired) electrons. The zero-order chi connectivity index (χ0) is 16.1. The van der Waals surface area contributed by atoms with Crippen LogP contribution in [0.2, 0.25) is 0 Å². The zero-order valence-corrected chi connectivity index (χ0v) is 13.0. The first-order valence-corrected chi connectivity index (χ1v) is 7.70. The number of carbonyl (C=O) groups excluding carboxylic acids is 1. The van der Waals surface area contributed by atoms with E-state index in [1.165, 1.54) is 0 Å². The summed E-state index contributed by atoms with van der Waals surface area (Å²) < 4.78 is 10.2. The van der Waals surface area contributed by atoms with Gasteiger partial charge >= 0.3 is 6.03 Å². The Kier molecular flexibility index (Phi) is 4.87. The lowest BCUT2D eigenvalue weighted by molar-refractivity contribution is 0.198. The monoisotopic (exact) mass is 316 g/mol. The molecule has 1 aliphatic rings. The molecule has 0 atom stereocenters. The fourth-order valence-corrected chi connectivity index (χ4v) is 2.24. The second-order valence-corrected chi connectivity index (χ2v) is 5.53. The third kappa shape index (κ3) is 4.29. The number of benzene rings is 1. The molecule has 0 saturated heterocycles. The van der Waals surface area contributed by atoms with Crippen molar-refractivity contribution >= 4 is 11.7 Å². The molecule has 0 unspecified atom stereocenters. The molecular weight excluding hydrogens is 296 g/mol. The number of ether oxygens (including phenoxy) is 1. The van der Waals surface area contributed by atoms with Crippen molar-refractivity contribution in [2.45, 2.75) is 25.2 Å². The van der Waals surface area contributed by atoms with Gasteiger partial charge in [0.05, 0.1) is 13.0 Å². The van der Waals surface area contributed by atoms with Crippen molar-refractivity contribution < 1.29 is 14.1 Å². The topological polar surface area (TPSA) is 89.3 Å². The molecular formula is C16H20N4O3. The summed E-state index contributed by atoms with van der Waals surface area (Å²) in [5, 5.41) is 9.58. The Balaban J connectivity index is 1.63. The maximum atomic E-state index is 11.9. The Hall–Kier alpha value is -2.41. The fourth-order valence-electron chi connectivity index (χ4n) is 2.24. The van der Waals surface area contributed by atoms with Crippen molar-refractivity contribution in [1.29, 1.82) is 0 Å². The van der Waals surface area contributed by atoms with Gasteiger partial charge in [-0.2, -0.15) is 4.98 Å². The van der Waals surface area contributed by atoms with Gasteiger partial charge in [-0.05, 0) is 24.5 Å². The van der Waals surface area contributed by atoms with Crippen LogP contribution in [0.3, 0.4) is 0 Å². The normalized spacial score (nSPS) is 13.8. The number of nitrogens with one attached hydrogen (secondary N) is 2. The lowest BCUT2D eigenvalue weighted by atomic mass is 10.1. The van der Waals surface area contributed by atoms with E-state index >= 15 is 0 Å². The molecule has 1 aromatic carbocycles. The number of para-hydroxylation sites is 1. The average molecular weight is 316 g/mol. The van der Waals surface area contributed by atoms with Gasteiger partial charge in [0.15, 0.2) is 5.82 Å². The zero-order valence-electron chi connectivity index (χ0n) is 13.0. The molecule has 2 N–H and O–H groups in total. The van der Waals surface area contributed by atoms with Crippen molar-refractivity contribution in [3.63, 3.8) is 0 Å². The Morgan fingerprint density at radius 2 is 2.22 bits per heavy atom. The van der Waals surface area contributed by atoms with Crippen molar-refractivity contribution in [2.24, 2.45) is 0 Å². The minimum atomic E-state index is -0.265. The summed E-state index contributed by atoms with van der Waals surface area (Å²) in [6.45, 7) is 0.930.